The van der Waals surface area contributed by atoms with Gasteiger partial charge in [-0.15, -0.1) is 0 Å². The predicted molar refractivity (Wildman–Crippen MR) is 126 cm³/mol. The van der Waals surface area contributed by atoms with Gasteiger partial charge in [0.2, 0.25) is 0 Å². The van der Waals surface area contributed by atoms with Crippen LogP contribution in [0.5, 0.6) is 11.5 Å². The Balaban J connectivity index is 1.50. The molecule has 2 amide bonds. The SMILES string of the molecule is COc1ccc(C2=NN(Cc3cccc(C(=O)NC4CCCC4)c3)C(=O)SC2)cc1OC. The lowest BCUT2D eigenvalue weighted by molar-refractivity contribution is 0.0937. The van der Waals surface area contributed by atoms with E-state index in [1.165, 1.54) is 29.6 Å². The highest BCUT2D eigenvalue weighted by atomic mass is 32.2. The molecule has 0 bridgehead atoms. The fourth-order valence-electron chi connectivity index (χ4n) is 4.00. The molecule has 0 unspecified atom stereocenters. The largest absolute Gasteiger partial charge is 0.493 e. The average Bonchev–Trinajstić information content (AvgIpc) is 3.33. The number of thioether (sulfide) groups is 1. The van der Waals surface area contributed by atoms with Crippen molar-refractivity contribution in [2.75, 3.05) is 20.0 Å². The normalized spacial score (nSPS) is 16.6. The van der Waals surface area contributed by atoms with Crippen LogP contribution < -0.4 is 14.8 Å². The highest BCUT2D eigenvalue weighted by molar-refractivity contribution is 8.14. The third-order valence-corrected chi connectivity index (χ3v) is 6.59. The Morgan fingerprint density at radius 2 is 1.91 bits per heavy atom. The van der Waals surface area contributed by atoms with Crippen molar-refractivity contribution in [3.8, 4) is 11.5 Å². The summed E-state index contributed by atoms with van der Waals surface area (Å²) in [6.45, 7) is 0.299. The standard InChI is InChI=1S/C24H27N3O4S/c1-30-21-11-10-17(13-22(21)31-2)20-15-32-24(29)27(26-20)14-16-6-5-7-18(12-16)23(28)25-19-8-3-4-9-19/h5-7,10-13,19H,3-4,8-9,14-15H2,1-2H3,(H,25,28). The maximum atomic E-state index is 12.6. The van der Waals surface area contributed by atoms with E-state index < -0.39 is 0 Å². The predicted octanol–water partition coefficient (Wildman–Crippen LogP) is 4.45. The zero-order valence-electron chi connectivity index (χ0n) is 18.3. The summed E-state index contributed by atoms with van der Waals surface area (Å²) in [5.74, 6) is 1.67. The van der Waals surface area contributed by atoms with Gasteiger partial charge in [-0.3, -0.25) is 9.59 Å². The fraction of sp³-hybridized carbons (Fsp3) is 0.375. The van der Waals surface area contributed by atoms with Gasteiger partial charge in [0, 0.05) is 22.9 Å². The molecule has 0 aromatic heterocycles. The third kappa shape index (κ3) is 5.07. The second-order valence-electron chi connectivity index (χ2n) is 7.88. The lowest BCUT2D eigenvalue weighted by Crippen LogP contribution is -2.32. The van der Waals surface area contributed by atoms with Crippen LogP contribution in [0.4, 0.5) is 4.79 Å². The van der Waals surface area contributed by atoms with Crippen molar-refractivity contribution >= 4 is 28.6 Å². The van der Waals surface area contributed by atoms with Gasteiger partial charge in [0.1, 0.15) is 0 Å². The highest BCUT2D eigenvalue weighted by Crippen LogP contribution is 2.30. The van der Waals surface area contributed by atoms with Gasteiger partial charge in [-0.1, -0.05) is 36.7 Å². The number of nitrogens with one attached hydrogen (secondary N) is 1. The zero-order chi connectivity index (χ0) is 22.5. The number of hydrogen-bond acceptors (Lipinski definition) is 6. The number of rotatable bonds is 7. The number of carbonyl (C=O) groups is 2. The summed E-state index contributed by atoms with van der Waals surface area (Å²) in [6.07, 6.45) is 4.41. The van der Waals surface area contributed by atoms with Crippen LogP contribution in [0, 0.1) is 0 Å². The van der Waals surface area contributed by atoms with Gasteiger partial charge < -0.3 is 14.8 Å². The number of nitrogens with zero attached hydrogens (tertiary/aromatic N) is 2. The number of methoxy groups -OCH3 is 2. The summed E-state index contributed by atoms with van der Waals surface area (Å²) in [4.78, 5) is 25.1. The third-order valence-electron chi connectivity index (χ3n) is 5.71. The summed E-state index contributed by atoms with van der Waals surface area (Å²) in [7, 11) is 3.18. The Bertz CT molecular complexity index is 1030. The molecule has 7 nitrogen and oxygen atoms in total. The zero-order valence-corrected chi connectivity index (χ0v) is 19.1. The first kappa shape index (κ1) is 22.2. The van der Waals surface area contributed by atoms with Crippen LogP contribution >= 0.6 is 11.8 Å². The summed E-state index contributed by atoms with van der Waals surface area (Å²) in [5, 5.41) is 9.05. The Hall–Kier alpha value is -3.00. The minimum absolute atomic E-state index is 0.0624. The van der Waals surface area contributed by atoms with Gasteiger partial charge >= 0.3 is 5.24 Å². The molecule has 2 aromatic carbocycles. The van der Waals surface area contributed by atoms with E-state index in [4.69, 9.17) is 9.47 Å². The number of hydrogen-bond donors (Lipinski definition) is 1. The topological polar surface area (TPSA) is 80.2 Å². The smallest absolute Gasteiger partial charge is 0.302 e. The van der Waals surface area contributed by atoms with Gasteiger partial charge in [0.15, 0.2) is 11.5 Å². The van der Waals surface area contributed by atoms with Gasteiger partial charge in [-0.25, -0.2) is 5.01 Å². The Kier molecular flexibility index (Phi) is 6.99. The van der Waals surface area contributed by atoms with E-state index in [0.29, 0.717) is 29.4 Å². The van der Waals surface area contributed by atoms with Crippen LogP contribution in [-0.2, 0) is 6.54 Å². The minimum atomic E-state index is -0.116. The second kappa shape index (κ2) is 10.1. The van der Waals surface area contributed by atoms with Crippen LogP contribution in [0.1, 0.15) is 47.2 Å². The minimum Gasteiger partial charge on any atom is -0.493 e. The lowest BCUT2D eigenvalue weighted by atomic mass is 10.1. The van der Waals surface area contributed by atoms with E-state index in [1.54, 1.807) is 20.3 Å². The number of ether oxygens (including phenoxy) is 2. The van der Waals surface area contributed by atoms with E-state index >= 15 is 0 Å². The number of amides is 2. The van der Waals surface area contributed by atoms with E-state index in [-0.39, 0.29) is 17.2 Å². The molecule has 4 rings (SSSR count). The molecule has 0 atom stereocenters. The van der Waals surface area contributed by atoms with Crippen LogP contribution in [-0.4, -0.2) is 47.9 Å². The van der Waals surface area contributed by atoms with Crippen molar-refractivity contribution in [3.63, 3.8) is 0 Å². The van der Waals surface area contributed by atoms with Gasteiger partial charge in [0.05, 0.1) is 26.5 Å². The van der Waals surface area contributed by atoms with Gasteiger partial charge in [-0.2, -0.15) is 5.10 Å². The van der Waals surface area contributed by atoms with Crippen molar-refractivity contribution in [1.82, 2.24) is 10.3 Å². The molecule has 168 valence electrons. The summed E-state index contributed by atoms with van der Waals surface area (Å²) in [6, 6.07) is 13.3. The quantitative estimate of drug-likeness (QED) is 0.670. The maximum Gasteiger partial charge on any atom is 0.302 e. The van der Waals surface area contributed by atoms with Gasteiger partial charge in [-0.05, 0) is 48.7 Å². The average molecular weight is 454 g/mol. The number of benzene rings is 2. The molecule has 0 spiro atoms. The lowest BCUT2D eigenvalue weighted by Gasteiger charge is -2.23. The first-order valence-electron chi connectivity index (χ1n) is 10.7. The van der Waals surface area contributed by atoms with Crippen molar-refractivity contribution < 1.29 is 19.1 Å². The molecule has 8 heteroatoms. The van der Waals surface area contributed by atoms with E-state index in [2.05, 4.69) is 10.4 Å². The maximum absolute atomic E-state index is 12.6. The number of carbonyl (C=O) groups excluding carboxylic acids is 2. The summed E-state index contributed by atoms with van der Waals surface area (Å²) in [5.41, 5.74) is 3.12. The van der Waals surface area contributed by atoms with Crippen molar-refractivity contribution in [2.45, 2.75) is 38.3 Å². The van der Waals surface area contributed by atoms with E-state index in [0.717, 1.165) is 29.7 Å². The number of hydrazone groups is 1. The highest BCUT2D eigenvalue weighted by Gasteiger charge is 2.24. The first-order chi connectivity index (χ1) is 15.6. The van der Waals surface area contributed by atoms with Crippen LogP contribution in [0.25, 0.3) is 0 Å². The molecule has 1 aliphatic heterocycles. The molecule has 0 radical (unpaired) electrons. The fourth-order valence-corrected chi connectivity index (χ4v) is 4.74. The molecule has 1 heterocycles. The molecule has 1 saturated carbocycles. The molecule has 2 aliphatic rings. The van der Waals surface area contributed by atoms with Crippen LogP contribution in [0.3, 0.4) is 0 Å². The van der Waals surface area contributed by atoms with Crippen molar-refractivity contribution in [1.29, 1.82) is 0 Å². The molecule has 1 aliphatic carbocycles. The molecule has 1 N–H and O–H groups in total. The van der Waals surface area contributed by atoms with Crippen LogP contribution in [0.2, 0.25) is 0 Å². The molecular formula is C24H27N3O4S. The molecule has 1 fully saturated rings. The molecule has 0 saturated heterocycles. The van der Waals surface area contributed by atoms with Gasteiger partial charge in [0.25, 0.3) is 5.91 Å². The van der Waals surface area contributed by atoms with E-state index in [1.807, 2.05) is 36.4 Å². The van der Waals surface area contributed by atoms with Crippen molar-refractivity contribution in [2.24, 2.45) is 5.10 Å². The Morgan fingerprint density at radius 1 is 1.12 bits per heavy atom. The monoisotopic (exact) mass is 453 g/mol. The molecule has 32 heavy (non-hydrogen) atoms. The summed E-state index contributed by atoms with van der Waals surface area (Å²) < 4.78 is 10.7. The first-order valence-corrected chi connectivity index (χ1v) is 11.7. The van der Waals surface area contributed by atoms with Crippen molar-refractivity contribution in [3.05, 3.63) is 59.2 Å². The molecular weight excluding hydrogens is 426 g/mol. The second-order valence-corrected chi connectivity index (χ2v) is 8.81. The summed E-state index contributed by atoms with van der Waals surface area (Å²) >= 11 is 1.21. The van der Waals surface area contributed by atoms with Crippen LogP contribution in [0.15, 0.2) is 47.6 Å². The Labute approximate surface area is 192 Å². The van der Waals surface area contributed by atoms with E-state index in [9.17, 15) is 9.59 Å². The Morgan fingerprint density at radius 3 is 2.66 bits per heavy atom. The molecule has 2 aromatic rings.